The highest BCUT2D eigenvalue weighted by Gasteiger charge is 2.23. The van der Waals surface area contributed by atoms with Crippen LogP contribution in [0.3, 0.4) is 0 Å². The number of hydrogen-bond donors (Lipinski definition) is 0. The molecular formula is C18H25N5O2. The quantitative estimate of drug-likeness (QED) is 0.770. The van der Waals surface area contributed by atoms with Crippen molar-refractivity contribution < 1.29 is 9.53 Å². The fraction of sp³-hybridized carbons (Fsp3) is 0.556. The van der Waals surface area contributed by atoms with E-state index in [0.717, 1.165) is 24.9 Å². The molecule has 2 heterocycles. The molecule has 134 valence electrons. The van der Waals surface area contributed by atoms with Crippen molar-refractivity contribution in [3.63, 3.8) is 0 Å². The molecule has 7 heteroatoms. The Hall–Kier alpha value is -2.28. The molecule has 0 bridgehead atoms. The molecule has 1 aromatic heterocycles. The number of aryl methyl sites for hydroxylation is 1. The average molecular weight is 343 g/mol. The zero-order valence-electron chi connectivity index (χ0n) is 14.7. The molecule has 1 aromatic carbocycles. The van der Waals surface area contributed by atoms with Crippen LogP contribution in [0.25, 0.3) is 11.4 Å². The Bertz CT molecular complexity index is 671. The van der Waals surface area contributed by atoms with Gasteiger partial charge in [0.1, 0.15) is 0 Å². The van der Waals surface area contributed by atoms with Crippen molar-refractivity contribution in [1.82, 2.24) is 25.1 Å². The lowest BCUT2D eigenvalue weighted by atomic mass is 10.1. The van der Waals surface area contributed by atoms with Crippen molar-refractivity contribution in [2.75, 3.05) is 19.7 Å². The number of amides is 1. The van der Waals surface area contributed by atoms with Gasteiger partial charge < -0.3 is 9.64 Å². The first kappa shape index (κ1) is 17.5. The minimum absolute atomic E-state index is 0.188. The van der Waals surface area contributed by atoms with Crippen LogP contribution in [0, 0.1) is 0 Å². The summed E-state index contributed by atoms with van der Waals surface area (Å²) in [5.41, 5.74) is 0.945. The molecule has 7 nitrogen and oxygen atoms in total. The first-order valence-electron chi connectivity index (χ1n) is 8.99. The van der Waals surface area contributed by atoms with E-state index in [0.29, 0.717) is 38.4 Å². The van der Waals surface area contributed by atoms with Gasteiger partial charge >= 0.3 is 0 Å². The lowest BCUT2D eigenvalue weighted by Crippen LogP contribution is -2.43. The molecule has 1 amide bonds. The molecule has 0 spiro atoms. The maximum Gasteiger partial charge on any atom is 0.222 e. The van der Waals surface area contributed by atoms with Gasteiger partial charge in [-0.15, -0.1) is 10.2 Å². The second-order valence-corrected chi connectivity index (χ2v) is 6.24. The zero-order chi connectivity index (χ0) is 17.5. The summed E-state index contributed by atoms with van der Waals surface area (Å²) in [6, 6.07) is 9.76. The summed E-state index contributed by atoms with van der Waals surface area (Å²) in [6.07, 6.45) is 3.46. The smallest absolute Gasteiger partial charge is 0.222 e. The molecule has 1 saturated heterocycles. The van der Waals surface area contributed by atoms with Crippen molar-refractivity contribution in [3.8, 4) is 11.4 Å². The number of likely N-dealkylation sites (tertiary alicyclic amines) is 1. The molecule has 1 aliphatic heterocycles. The van der Waals surface area contributed by atoms with Crippen LogP contribution >= 0.6 is 0 Å². The fourth-order valence-corrected chi connectivity index (χ4v) is 3.11. The number of carbonyl (C=O) groups is 1. The third kappa shape index (κ3) is 4.85. The van der Waals surface area contributed by atoms with Crippen LogP contribution in [0.4, 0.5) is 0 Å². The van der Waals surface area contributed by atoms with Gasteiger partial charge in [-0.3, -0.25) is 4.79 Å². The molecule has 3 rings (SSSR count). The van der Waals surface area contributed by atoms with E-state index in [1.54, 1.807) is 4.80 Å². The van der Waals surface area contributed by atoms with Gasteiger partial charge in [-0.25, -0.2) is 0 Å². The maximum atomic E-state index is 12.4. The van der Waals surface area contributed by atoms with Crippen molar-refractivity contribution in [3.05, 3.63) is 30.3 Å². The number of aromatic nitrogens is 4. The summed E-state index contributed by atoms with van der Waals surface area (Å²) in [5, 5.41) is 12.5. The zero-order valence-corrected chi connectivity index (χ0v) is 14.7. The number of nitrogens with zero attached hydrogens (tertiary/aromatic N) is 5. The fourth-order valence-electron chi connectivity index (χ4n) is 3.11. The molecule has 25 heavy (non-hydrogen) atoms. The first-order valence-corrected chi connectivity index (χ1v) is 8.99. The summed E-state index contributed by atoms with van der Waals surface area (Å²) < 4.78 is 5.66. The summed E-state index contributed by atoms with van der Waals surface area (Å²) in [6.45, 7) is 4.84. The highest BCUT2D eigenvalue weighted by Crippen LogP contribution is 2.15. The monoisotopic (exact) mass is 343 g/mol. The van der Waals surface area contributed by atoms with Crippen LogP contribution in [0.15, 0.2) is 30.3 Å². The van der Waals surface area contributed by atoms with E-state index in [2.05, 4.69) is 15.4 Å². The first-order chi connectivity index (χ1) is 12.3. The van der Waals surface area contributed by atoms with Gasteiger partial charge in [0.15, 0.2) is 0 Å². The molecule has 0 saturated carbocycles. The van der Waals surface area contributed by atoms with Crippen LogP contribution in [-0.2, 0) is 16.1 Å². The number of ether oxygens (including phenoxy) is 1. The van der Waals surface area contributed by atoms with Crippen molar-refractivity contribution in [2.45, 2.75) is 45.3 Å². The van der Waals surface area contributed by atoms with Gasteiger partial charge in [-0.1, -0.05) is 30.3 Å². The maximum absolute atomic E-state index is 12.4. The normalized spacial score (nSPS) is 17.6. The van der Waals surface area contributed by atoms with E-state index in [1.165, 1.54) is 0 Å². The van der Waals surface area contributed by atoms with Gasteiger partial charge in [-0.05, 0) is 31.4 Å². The summed E-state index contributed by atoms with van der Waals surface area (Å²) in [7, 11) is 0. The second kappa shape index (κ2) is 8.71. The largest absolute Gasteiger partial charge is 0.377 e. The Balaban J connectivity index is 1.45. The molecular weight excluding hydrogens is 318 g/mol. The van der Waals surface area contributed by atoms with E-state index in [4.69, 9.17) is 4.74 Å². The lowest BCUT2D eigenvalue weighted by Gasteiger charge is -2.32. The molecule has 1 fully saturated rings. The number of rotatable bonds is 7. The molecule has 0 radical (unpaired) electrons. The number of benzene rings is 1. The van der Waals surface area contributed by atoms with Gasteiger partial charge in [0.25, 0.3) is 0 Å². The number of hydrogen-bond acceptors (Lipinski definition) is 5. The molecule has 2 aromatic rings. The summed E-state index contributed by atoms with van der Waals surface area (Å²) in [5.74, 6) is 0.801. The molecule has 1 unspecified atom stereocenters. The van der Waals surface area contributed by atoms with Crippen LogP contribution in [0.1, 0.15) is 32.6 Å². The van der Waals surface area contributed by atoms with Crippen LogP contribution in [-0.4, -0.2) is 56.8 Å². The molecule has 1 atom stereocenters. The highest BCUT2D eigenvalue weighted by molar-refractivity contribution is 5.76. The van der Waals surface area contributed by atoms with E-state index in [1.807, 2.05) is 42.2 Å². The third-order valence-corrected chi connectivity index (χ3v) is 4.37. The van der Waals surface area contributed by atoms with E-state index < -0.39 is 0 Å². The number of carbonyl (C=O) groups excluding carboxylic acids is 1. The van der Waals surface area contributed by atoms with E-state index in [-0.39, 0.29) is 12.0 Å². The lowest BCUT2D eigenvalue weighted by molar-refractivity contribution is -0.135. The Labute approximate surface area is 148 Å². The van der Waals surface area contributed by atoms with Crippen molar-refractivity contribution >= 4 is 5.91 Å². The van der Waals surface area contributed by atoms with Crippen LogP contribution in [0.2, 0.25) is 0 Å². The Morgan fingerprint density at radius 1 is 1.32 bits per heavy atom. The average Bonchev–Trinajstić information content (AvgIpc) is 3.12. The minimum Gasteiger partial charge on any atom is -0.377 e. The number of piperidine rings is 1. The molecule has 0 aliphatic carbocycles. The Morgan fingerprint density at radius 3 is 2.96 bits per heavy atom. The predicted molar refractivity (Wildman–Crippen MR) is 93.7 cm³/mol. The van der Waals surface area contributed by atoms with Gasteiger partial charge in [0.05, 0.1) is 12.6 Å². The Morgan fingerprint density at radius 2 is 2.16 bits per heavy atom. The van der Waals surface area contributed by atoms with Crippen molar-refractivity contribution in [2.24, 2.45) is 0 Å². The molecule has 0 N–H and O–H groups in total. The minimum atomic E-state index is 0.188. The highest BCUT2D eigenvalue weighted by atomic mass is 16.5. The van der Waals surface area contributed by atoms with Gasteiger partial charge in [0.2, 0.25) is 11.7 Å². The topological polar surface area (TPSA) is 73.1 Å². The third-order valence-electron chi connectivity index (χ3n) is 4.37. The van der Waals surface area contributed by atoms with Gasteiger partial charge in [0, 0.05) is 31.7 Å². The summed E-state index contributed by atoms with van der Waals surface area (Å²) >= 11 is 0. The van der Waals surface area contributed by atoms with E-state index >= 15 is 0 Å². The second-order valence-electron chi connectivity index (χ2n) is 6.24. The SMILES string of the molecule is CCOC1CCCN(C(=O)CCCn2nnc(-c3ccccc3)n2)C1. The summed E-state index contributed by atoms with van der Waals surface area (Å²) in [4.78, 5) is 15.9. The predicted octanol–water partition coefficient (Wildman–Crippen LogP) is 2.15. The van der Waals surface area contributed by atoms with Crippen molar-refractivity contribution in [1.29, 1.82) is 0 Å². The van der Waals surface area contributed by atoms with Gasteiger partial charge in [-0.2, -0.15) is 4.80 Å². The number of tetrazole rings is 1. The Kier molecular flexibility index (Phi) is 6.11. The molecule has 1 aliphatic rings. The van der Waals surface area contributed by atoms with Crippen LogP contribution in [0.5, 0.6) is 0 Å². The standard InChI is InChI=1S/C18H25N5O2/c1-2-25-16-10-6-12-22(14-16)17(24)11-7-13-23-20-18(19-21-23)15-8-4-3-5-9-15/h3-5,8-9,16H,2,6-7,10-14H2,1H3. The van der Waals surface area contributed by atoms with E-state index in [9.17, 15) is 4.79 Å². The van der Waals surface area contributed by atoms with Crippen LogP contribution < -0.4 is 0 Å².